The Labute approximate surface area is 150 Å². The van der Waals surface area contributed by atoms with Gasteiger partial charge in [-0.25, -0.2) is 0 Å². The predicted octanol–water partition coefficient (Wildman–Crippen LogP) is 2.42. The van der Waals surface area contributed by atoms with Crippen molar-refractivity contribution in [3.63, 3.8) is 0 Å². The smallest absolute Gasteiger partial charge is 0.253 e. The second-order valence-corrected chi connectivity index (χ2v) is 5.92. The summed E-state index contributed by atoms with van der Waals surface area (Å²) in [4.78, 5) is 28.9. The van der Waals surface area contributed by atoms with Crippen molar-refractivity contribution in [2.45, 2.75) is 26.7 Å². The van der Waals surface area contributed by atoms with Gasteiger partial charge in [-0.1, -0.05) is 19.9 Å². The molecule has 2 amide bonds. The van der Waals surface area contributed by atoms with Gasteiger partial charge in [0.05, 0.1) is 0 Å². The van der Waals surface area contributed by atoms with E-state index in [1.807, 2.05) is 9.80 Å². The number of nitrogens with zero attached hydrogens (tertiary/aromatic N) is 2. The maximum atomic E-state index is 12.7. The molecule has 1 N–H and O–H groups in total. The number of hydrogen-bond donors (Lipinski definition) is 1. The Bertz CT molecular complexity index is 539. The van der Waals surface area contributed by atoms with E-state index in [4.69, 9.17) is 0 Å². The number of amides is 2. The lowest BCUT2D eigenvalue weighted by molar-refractivity contribution is 0.0735. The lowest BCUT2D eigenvalue weighted by atomic mass is 10.1. The standard InChI is InChI=1S/C18H27N3O2.ClH/c1-3-10-20(11-4-2)17(22)15-6-5-7-16(14-15)18(23)21-12-8-19-9-13-21;/h5-7,14,19H,3-4,8-13H2,1-2H3;1H. The Kier molecular flexibility index (Phi) is 8.79. The lowest BCUT2D eigenvalue weighted by Crippen LogP contribution is -2.46. The van der Waals surface area contributed by atoms with Gasteiger partial charge in [0.2, 0.25) is 0 Å². The van der Waals surface area contributed by atoms with Crippen LogP contribution >= 0.6 is 12.4 Å². The maximum Gasteiger partial charge on any atom is 0.253 e. The van der Waals surface area contributed by atoms with Crippen molar-refractivity contribution in [1.29, 1.82) is 0 Å². The third-order valence-corrected chi connectivity index (χ3v) is 4.03. The van der Waals surface area contributed by atoms with Gasteiger partial charge in [0.1, 0.15) is 0 Å². The first-order chi connectivity index (χ1) is 11.2. The monoisotopic (exact) mass is 353 g/mol. The van der Waals surface area contributed by atoms with Crippen LogP contribution in [0.15, 0.2) is 24.3 Å². The number of nitrogens with one attached hydrogen (secondary N) is 1. The quantitative estimate of drug-likeness (QED) is 0.854. The van der Waals surface area contributed by atoms with Crippen LogP contribution in [0, 0.1) is 0 Å². The fraction of sp³-hybridized carbons (Fsp3) is 0.556. The van der Waals surface area contributed by atoms with Crippen molar-refractivity contribution < 1.29 is 9.59 Å². The molecule has 0 atom stereocenters. The minimum atomic E-state index is 0. The van der Waals surface area contributed by atoms with Crippen LogP contribution in [0.2, 0.25) is 0 Å². The zero-order chi connectivity index (χ0) is 16.7. The molecule has 1 aliphatic heterocycles. The second-order valence-electron chi connectivity index (χ2n) is 5.92. The fourth-order valence-electron chi connectivity index (χ4n) is 2.87. The van der Waals surface area contributed by atoms with Crippen molar-refractivity contribution in [1.82, 2.24) is 15.1 Å². The number of piperazine rings is 1. The SMILES string of the molecule is CCCN(CCC)C(=O)c1cccc(C(=O)N2CCNCC2)c1.Cl. The van der Waals surface area contributed by atoms with Crippen molar-refractivity contribution >= 4 is 24.2 Å². The largest absolute Gasteiger partial charge is 0.339 e. The lowest BCUT2D eigenvalue weighted by Gasteiger charge is -2.27. The number of carbonyl (C=O) groups excluding carboxylic acids is 2. The summed E-state index contributed by atoms with van der Waals surface area (Å²) >= 11 is 0. The zero-order valence-electron chi connectivity index (χ0n) is 14.6. The molecule has 1 saturated heterocycles. The normalized spacial score (nSPS) is 14.0. The Balaban J connectivity index is 0.00000288. The highest BCUT2D eigenvalue weighted by molar-refractivity contribution is 5.99. The third-order valence-electron chi connectivity index (χ3n) is 4.03. The zero-order valence-corrected chi connectivity index (χ0v) is 15.4. The summed E-state index contributed by atoms with van der Waals surface area (Å²) < 4.78 is 0. The van der Waals surface area contributed by atoms with Crippen LogP contribution in [0.25, 0.3) is 0 Å². The molecule has 0 aliphatic carbocycles. The van der Waals surface area contributed by atoms with Crippen LogP contribution in [-0.4, -0.2) is 60.9 Å². The molecule has 1 aromatic carbocycles. The van der Waals surface area contributed by atoms with Crippen LogP contribution in [0.5, 0.6) is 0 Å². The number of rotatable bonds is 6. The van der Waals surface area contributed by atoms with Crippen molar-refractivity contribution in [3.8, 4) is 0 Å². The van der Waals surface area contributed by atoms with Crippen molar-refractivity contribution in [2.75, 3.05) is 39.3 Å². The van der Waals surface area contributed by atoms with Gasteiger partial charge >= 0.3 is 0 Å². The summed E-state index contributed by atoms with van der Waals surface area (Å²) in [7, 11) is 0. The predicted molar refractivity (Wildman–Crippen MR) is 98.9 cm³/mol. The van der Waals surface area contributed by atoms with Gasteiger partial charge in [-0.15, -0.1) is 12.4 Å². The first-order valence-electron chi connectivity index (χ1n) is 8.56. The van der Waals surface area contributed by atoms with E-state index in [9.17, 15) is 9.59 Å². The highest BCUT2D eigenvalue weighted by atomic mass is 35.5. The topological polar surface area (TPSA) is 52.7 Å². The Morgan fingerprint density at radius 2 is 1.67 bits per heavy atom. The maximum absolute atomic E-state index is 12.7. The Morgan fingerprint density at radius 3 is 2.25 bits per heavy atom. The summed E-state index contributed by atoms with van der Waals surface area (Å²) in [5.41, 5.74) is 1.21. The summed E-state index contributed by atoms with van der Waals surface area (Å²) in [5.74, 6) is 0.0299. The molecule has 6 heteroatoms. The molecule has 0 radical (unpaired) electrons. The van der Waals surface area contributed by atoms with E-state index in [0.29, 0.717) is 11.1 Å². The van der Waals surface area contributed by atoms with Gasteiger partial charge in [0.25, 0.3) is 11.8 Å². The molecule has 2 rings (SSSR count). The molecule has 24 heavy (non-hydrogen) atoms. The second kappa shape index (κ2) is 10.3. The number of carbonyl (C=O) groups is 2. The summed E-state index contributed by atoms with van der Waals surface area (Å²) in [5, 5.41) is 3.24. The van der Waals surface area contributed by atoms with Gasteiger partial charge in [0, 0.05) is 50.4 Å². The number of halogens is 1. The molecule has 1 fully saturated rings. The van der Waals surface area contributed by atoms with E-state index >= 15 is 0 Å². The molecule has 0 unspecified atom stereocenters. The molecule has 0 saturated carbocycles. The first kappa shape index (κ1) is 20.5. The fourth-order valence-corrected chi connectivity index (χ4v) is 2.87. The Hall–Kier alpha value is -1.59. The summed E-state index contributed by atoms with van der Waals surface area (Å²) in [6.07, 6.45) is 1.87. The van der Waals surface area contributed by atoms with E-state index < -0.39 is 0 Å². The van der Waals surface area contributed by atoms with E-state index in [1.165, 1.54) is 0 Å². The third kappa shape index (κ3) is 5.21. The van der Waals surface area contributed by atoms with Crippen molar-refractivity contribution in [2.24, 2.45) is 0 Å². The highest BCUT2D eigenvalue weighted by Crippen LogP contribution is 2.12. The molecule has 1 heterocycles. The van der Waals surface area contributed by atoms with Gasteiger partial charge in [0.15, 0.2) is 0 Å². The summed E-state index contributed by atoms with van der Waals surface area (Å²) in [6, 6.07) is 7.14. The number of hydrogen-bond acceptors (Lipinski definition) is 3. The molecule has 134 valence electrons. The van der Waals surface area contributed by atoms with Crippen LogP contribution in [0.1, 0.15) is 47.4 Å². The van der Waals surface area contributed by atoms with E-state index in [0.717, 1.165) is 52.1 Å². The highest BCUT2D eigenvalue weighted by Gasteiger charge is 2.20. The van der Waals surface area contributed by atoms with Crippen LogP contribution < -0.4 is 5.32 Å². The van der Waals surface area contributed by atoms with E-state index in [2.05, 4.69) is 19.2 Å². The van der Waals surface area contributed by atoms with Gasteiger partial charge in [-0.05, 0) is 31.0 Å². The van der Waals surface area contributed by atoms with Crippen LogP contribution in [0.4, 0.5) is 0 Å². The minimum absolute atomic E-state index is 0. The van der Waals surface area contributed by atoms with E-state index in [-0.39, 0.29) is 24.2 Å². The van der Waals surface area contributed by atoms with Gasteiger partial charge in [-0.3, -0.25) is 9.59 Å². The average Bonchev–Trinajstić information content (AvgIpc) is 2.61. The molecule has 0 aromatic heterocycles. The number of benzene rings is 1. The molecular formula is C18H28ClN3O2. The van der Waals surface area contributed by atoms with Crippen LogP contribution in [-0.2, 0) is 0 Å². The molecule has 0 spiro atoms. The average molecular weight is 354 g/mol. The Morgan fingerprint density at radius 1 is 1.08 bits per heavy atom. The van der Waals surface area contributed by atoms with Gasteiger partial charge < -0.3 is 15.1 Å². The van der Waals surface area contributed by atoms with E-state index in [1.54, 1.807) is 24.3 Å². The molecule has 1 aromatic rings. The molecular weight excluding hydrogens is 326 g/mol. The van der Waals surface area contributed by atoms with Gasteiger partial charge in [-0.2, -0.15) is 0 Å². The van der Waals surface area contributed by atoms with Crippen LogP contribution in [0.3, 0.4) is 0 Å². The minimum Gasteiger partial charge on any atom is -0.339 e. The summed E-state index contributed by atoms with van der Waals surface area (Å²) in [6.45, 7) is 8.73. The molecule has 1 aliphatic rings. The van der Waals surface area contributed by atoms with Crippen molar-refractivity contribution in [3.05, 3.63) is 35.4 Å². The molecule has 5 nitrogen and oxygen atoms in total. The molecule has 0 bridgehead atoms. The first-order valence-corrected chi connectivity index (χ1v) is 8.56.